The maximum atomic E-state index is 6.17. The minimum absolute atomic E-state index is 0.518. The number of benzene rings is 1. The predicted octanol–water partition coefficient (Wildman–Crippen LogP) is 4.11. The van der Waals surface area contributed by atoms with Crippen LogP contribution in [0.2, 0.25) is 5.02 Å². The van der Waals surface area contributed by atoms with Gasteiger partial charge in [-0.05, 0) is 36.9 Å². The molecule has 1 atom stereocenters. The van der Waals surface area contributed by atoms with Crippen molar-refractivity contribution in [3.8, 4) is 0 Å². The molecular formula is C14H19ClN2S. The van der Waals surface area contributed by atoms with Gasteiger partial charge in [-0.15, -0.1) is 11.3 Å². The van der Waals surface area contributed by atoms with Crippen LogP contribution in [-0.2, 0) is 6.42 Å². The molecule has 0 aliphatic heterocycles. The van der Waals surface area contributed by atoms with E-state index < -0.39 is 0 Å². The lowest BCUT2D eigenvalue weighted by Crippen LogP contribution is -2.18. The first-order chi connectivity index (χ1) is 8.60. The number of thiazole rings is 1. The molecule has 0 saturated heterocycles. The predicted molar refractivity (Wildman–Crippen MR) is 80.3 cm³/mol. The fraction of sp³-hybridized carbons (Fsp3) is 0.500. The molecule has 1 heterocycles. The summed E-state index contributed by atoms with van der Waals surface area (Å²) in [6.07, 6.45) is 2.12. The molecule has 18 heavy (non-hydrogen) atoms. The number of nitrogens with two attached hydrogens (primary N) is 1. The highest BCUT2D eigenvalue weighted by Crippen LogP contribution is 2.30. The molecule has 2 N–H and O–H groups in total. The number of nitrogens with zero attached hydrogens (tertiary/aromatic N) is 1. The van der Waals surface area contributed by atoms with Gasteiger partial charge in [-0.3, -0.25) is 0 Å². The molecule has 0 aliphatic rings. The van der Waals surface area contributed by atoms with E-state index in [1.807, 2.05) is 18.2 Å². The van der Waals surface area contributed by atoms with Crippen molar-refractivity contribution in [2.45, 2.75) is 26.7 Å². The van der Waals surface area contributed by atoms with E-state index in [0.29, 0.717) is 11.8 Å². The Balaban J connectivity index is 2.18. The number of hydrogen-bond donors (Lipinski definition) is 1. The minimum atomic E-state index is 0.518. The fourth-order valence-electron chi connectivity index (χ4n) is 2.23. The van der Waals surface area contributed by atoms with Crippen LogP contribution in [0.4, 0.5) is 0 Å². The van der Waals surface area contributed by atoms with Gasteiger partial charge in [0.25, 0.3) is 0 Å². The molecular weight excluding hydrogens is 264 g/mol. The normalized spacial score (nSPS) is 13.4. The van der Waals surface area contributed by atoms with Crippen LogP contribution in [0.25, 0.3) is 10.2 Å². The van der Waals surface area contributed by atoms with Crippen LogP contribution in [0.3, 0.4) is 0 Å². The molecule has 1 aromatic carbocycles. The lowest BCUT2D eigenvalue weighted by Gasteiger charge is -2.15. The number of rotatable bonds is 5. The first-order valence-electron chi connectivity index (χ1n) is 6.34. The molecule has 2 aromatic rings. The summed E-state index contributed by atoms with van der Waals surface area (Å²) in [5.74, 6) is 1.20. The third-order valence-corrected chi connectivity index (χ3v) is 4.57. The molecule has 0 radical (unpaired) electrons. The number of aromatic nitrogens is 1. The Bertz CT molecular complexity index is 521. The molecule has 98 valence electrons. The van der Waals surface area contributed by atoms with Crippen molar-refractivity contribution in [3.05, 3.63) is 28.2 Å². The van der Waals surface area contributed by atoms with Crippen molar-refractivity contribution in [2.75, 3.05) is 6.54 Å². The van der Waals surface area contributed by atoms with Crippen molar-refractivity contribution >= 4 is 33.2 Å². The SMILES string of the molecule is CC(C)CC(CN)Cc1nc2cccc(Cl)c2s1. The van der Waals surface area contributed by atoms with Gasteiger partial charge in [0.1, 0.15) is 0 Å². The van der Waals surface area contributed by atoms with Crippen LogP contribution in [0.1, 0.15) is 25.3 Å². The average Bonchev–Trinajstić information content (AvgIpc) is 2.71. The molecule has 4 heteroatoms. The molecule has 0 bridgehead atoms. The molecule has 2 rings (SSSR count). The van der Waals surface area contributed by atoms with Crippen LogP contribution < -0.4 is 5.73 Å². The average molecular weight is 283 g/mol. The summed E-state index contributed by atoms with van der Waals surface area (Å²) in [5.41, 5.74) is 6.85. The highest BCUT2D eigenvalue weighted by molar-refractivity contribution is 7.19. The monoisotopic (exact) mass is 282 g/mol. The summed E-state index contributed by atoms with van der Waals surface area (Å²) >= 11 is 7.87. The number of fused-ring (bicyclic) bond motifs is 1. The molecule has 1 aromatic heterocycles. The Morgan fingerprint density at radius 2 is 2.17 bits per heavy atom. The van der Waals surface area contributed by atoms with Gasteiger partial charge in [-0.2, -0.15) is 0 Å². The van der Waals surface area contributed by atoms with E-state index in [1.54, 1.807) is 11.3 Å². The summed E-state index contributed by atoms with van der Waals surface area (Å²) < 4.78 is 1.09. The zero-order valence-corrected chi connectivity index (χ0v) is 12.4. The zero-order chi connectivity index (χ0) is 13.1. The third kappa shape index (κ3) is 3.22. The van der Waals surface area contributed by atoms with Gasteiger partial charge >= 0.3 is 0 Å². The summed E-state index contributed by atoms with van der Waals surface area (Å²) in [7, 11) is 0. The van der Waals surface area contributed by atoms with E-state index in [9.17, 15) is 0 Å². The zero-order valence-electron chi connectivity index (χ0n) is 10.8. The molecule has 0 amide bonds. The van der Waals surface area contributed by atoms with Crippen LogP contribution in [0, 0.1) is 11.8 Å². The minimum Gasteiger partial charge on any atom is -0.330 e. The number of hydrogen-bond acceptors (Lipinski definition) is 3. The molecule has 1 unspecified atom stereocenters. The number of halogens is 1. The van der Waals surface area contributed by atoms with Crippen molar-refractivity contribution < 1.29 is 0 Å². The van der Waals surface area contributed by atoms with Crippen LogP contribution >= 0.6 is 22.9 Å². The lowest BCUT2D eigenvalue weighted by molar-refractivity contribution is 0.415. The lowest BCUT2D eigenvalue weighted by atomic mass is 9.94. The van der Waals surface area contributed by atoms with Crippen LogP contribution in [-0.4, -0.2) is 11.5 Å². The smallest absolute Gasteiger partial charge is 0.0942 e. The first kappa shape index (κ1) is 13.8. The molecule has 0 fully saturated rings. The Morgan fingerprint density at radius 3 is 2.78 bits per heavy atom. The second-order valence-corrected chi connectivity index (χ2v) is 6.62. The molecule has 2 nitrogen and oxygen atoms in total. The molecule has 0 saturated carbocycles. The van der Waals surface area contributed by atoms with E-state index >= 15 is 0 Å². The van der Waals surface area contributed by atoms with Gasteiger partial charge in [0.05, 0.1) is 20.2 Å². The second kappa shape index (κ2) is 6.00. The first-order valence-corrected chi connectivity index (χ1v) is 7.53. The Kier molecular flexibility index (Phi) is 4.60. The van der Waals surface area contributed by atoms with E-state index in [1.165, 1.54) is 0 Å². The third-order valence-electron chi connectivity index (χ3n) is 3.01. The largest absolute Gasteiger partial charge is 0.330 e. The Labute approximate surface area is 117 Å². The maximum absolute atomic E-state index is 6.17. The van der Waals surface area contributed by atoms with Crippen molar-refractivity contribution in [1.82, 2.24) is 4.98 Å². The highest BCUT2D eigenvalue weighted by Gasteiger charge is 2.14. The topological polar surface area (TPSA) is 38.9 Å². The standard InChI is InChI=1S/C14H19ClN2S/c1-9(2)6-10(8-16)7-13-17-12-5-3-4-11(15)14(12)18-13/h3-5,9-10H,6-8,16H2,1-2H3. The molecule has 0 aliphatic carbocycles. The quantitative estimate of drug-likeness (QED) is 0.896. The molecule has 0 spiro atoms. The van der Waals surface area contributed by atoms with E-state index in [-0.39, 0.29) is 0 Å². The summed E-state index contributed by atoms with van der Waals surface area (Å²) in [5, 5.41) is 1.94. The van der Waals surface area contributed by atoms with Gasteiger partial charge in [0.2, 0.25) is 0 Å². The van der Waals surface area contributed by atoms with Gasteiger partial charge in [-0.25, -0.2) is 4.98 Å². The van der Waals surface area contributed by atoms with Crippen molar-refractivity contribution in [3.63, 3.8) is 0 Å². The Morgan fingerprint density at radius 1 is 1.39 bits per heavy atom. The summed E-state index contributed by atoms with van der Waals surface area (Å²) in [6, 6.07) is 5.88. The van der Waals surface area contributed by atoms with E-state index in [4.69, 9.17) is 17.3 Å². The maximum Gasteiger partial charge on any atom is 0.0942 e. The van der Waals surface area contributed by atoms with Crippen LogP contribution in [0.15, 0.2) is 18.2 Å². The van der Waals surface area contributed by atoms with Gasteiger partial charge < -0.3 is 5.73 Å². The van der Waals surface area contributed by atoms with Crippen molar-refractivity contribution in [2.24, 2.45) is 17.6 Å². The highest BCUT2D eigenvalue weighted by atomic mass is 35.5. The summed E-state index contributed by atoms with van der Waals surface area (Å²) in [6.45, 7) is 5.19. The Hall–Kier alpha value is -0.640. The van der Waals surface area contributed by atoms with Crippen LogP contribution in [0.5, 0.6) is 0 Å². The van der Waals surface area contributed by atoms with Crippen molar-refractivity contribution in [1.29, 1.82) is 0 Å². The van der Waals surface area contributed by atoms with E-state index in [0.717, 1.165) is 39.6 Å². The summed E-state index contributed by atoms with van der Waals surface area (Å²) in [4.78, 5) is 4.65. The van der Waals surface area contributed by atoms with E-state index in [2.05, 4.69) is 18.8 Å². The fourth-order valence-corrected chi connectivity index (χ4v) is 3.59. The van der Waals surface area contributed by atoms with Gasteiger partial charge in [0, 0.05) is 6.42 Å². The van der Waals surface area contributed by atoms with Gasteiger partial charge in [-0.1, -0.05) is 31.5 Å². The second-order valence-electron chi connectivity index (χ2n) is 5.13. The van der Waals surface area contributed by atoms with Gasteiger partial charge in [0.15, 0.2) is 0 Å².